The fourth-order valence-electron chi connectivity index (χ4n) is 2.88. The second-order valence-corrected chi connectivity index (χ2v) is 6.35. The van der Waals surface area contributed by atoms with E-state index >= 15 is 0 Å². The molecule has 0 spiro atoms. The zero-order chi connectivity index (χ0) is 17.8. The van der Waals surface area contributed by atoms with Crippen molar-refractivity contribution in [2.24, 2.45) is 4.99 Å². The number of aromatic nitrogens is 1. The van der Waals surface area contributed by atoms with Crippen molar-refractivity contribution in [3.05, 3.63) is 47.3 Å². The van der Waals surface area contributed by atoms with Gasteiger partial charge < -0.3 is 20.0 Å². The molecule has 6 heteroatoms. The molecule has 1 saturated heterocycles. The number of piperazine rings is 1. The van der Waals surface area contributed by atoms with Crippen molar-refractivity contribution < 1.29 is 10.2 Å². The first kappa shape index (κ1) is 17.4. The Morgan fingerprint density at radius 1 is 1.16 bits per heavy atom. The minimum atomic E-state index is -0.190. The quantitative estimate of drug-likeness (QED) is 0.834. The van der Waals surface area contributed by atoms with Crippen LogP contribution in [-0.2, 0) is 6.61 Å². The molecule has 1 fully saturated rings. The van der Waals surface area contributed by atoms with Crippen LogP contribution in [0.25, 0.3) is 0 Å². The topological polar surface area (TPSA) is 72.2 Å². The largest absolute Gasteiger partial charge is 0.505 e. The van der Waals surface area contributed by atoms with Crippen molar-refractivity contribution in [3.8, 4) is 5.75 Å². The van der Waals surface area contributed by atoms with E-state index in [2.05, 4.69) is 39.0 Å². The molecule has 0 aliphatic carbocycles. The second kappa shape index (κ2) is 7.63. The maximum Gasteiger partial charge on any atom is 0.145 e. The molecular formula is C19H24N4O2. The van der Waals surface area contributed by atoms with Crippen LogP contribution in [0.5, 0.6) is 5.75 Å². The first-order valence-corrected chi connectivity index (χ1v) is 8.44. The lowest BCUT2D eigenvalue weighted by Crippen LogP contribution is -2.44. The summed E-state index contributed by atoms with van der Waals surface area (Å²) in [5.41, 5.74) is 3.59. The van der Waals surface area contributed by atoms with Gasteiger partial charge in [0.25, 0.3) is 0 Å². The van der Waals surface area contributed by atoms with Crippen LogP contribution < -0.4 is 4.90 Å². The van der Waals surface area contributed by atoms with Crippen molar-refractivity contribution in [1.82, 2.24) is 9.88 Å². The van der Waals surface area contributed by atoms with E-state index in [1.807, 2.05) is 12.1 Å². The number of aliphatic imine (C=N–C) groups is 1. The van der Waals surface area contributed by atoms with Crippen LogP contribution in [0.2, 0.25) is 0 Å². The number of hydrogen-bond donors (Lipinski definition) is 2. The number of benzene rings is 1. The molecular weight excluding hydrogens is 316 g/mol. The third-order valence-electron chi connectivity index (χ3n) is 4.59. The lowest BCUT2D eigenvalue weighted by molar-refractivity contribution is 0.280. The van der Waals surface area contributed by atoms with E-state index in [0.717, 1.165) is 31.9 Å². The number of nitrogens with zero attached hydrogens (tertiary/aromatic N) is 4. The average Bonchev–Trinajstić information content (AvgIpc) is 2.64. The van der Waals surface area contributed by atoms with Gasteiger partial charge in [-0.3, -0.25) is 9.98 Å². The summed E-state index contributed by atoms with van der Waals surface area (Å²) in [5.74, 6) is 0.0596. The van der Waals surface area contributed by atoms with Crippen LogP contribution in [-0.4, -0.2) is 59.5 Å². The number of rotatable bonds is 4. The molecule has 1 aliphatic heterocycles. The van der Waals surface area contributed by atoms with E-state index in [1.54, 1.807) is 19.3 Å². The molecule has 1 aliphatic rings. The Bertz CT molecular complexity index is 751. The number of aliphatic hydroxyl groups is 1. The Morgan fingerprint density at radius 2 is 1.84 bits per heavy atom. The van der Waals surface area contributed by atoms with Crippen LogP contribution >= 0.6 is 0 Å². The van der Waals surface area contributed by atoms with Crippen LogP contribution in [0, 0.1) is 6.92 Å². The highest BCUT2D eigenvalue weighted by atomic mass is 16.3. The van der Waals surface area contributed by atoms with Gasteiger partial charge in [-0.15, -0.1) is 0 Å². The smallest absolute Gasteiger partial charge is 0.145 e. The number of aromatic hydroxyl groups is 1. The molecule has 3 rings (SSSR count). The first-order chi connectivity index (χ1) is 12.1. The summed E-state index contributed by atoms with van der Waals surface area (Å²) in [6.45, 7) is 5.74. The van der Waals surface area contributed by atoms with E-state index in [9.17, 15) is 10.2 Å². The van der Waals surface area contributed by atoms with Crippen molar-refractivity contribution in [3.63, 3.8) is 0 Å². The van der Waals surface area contributed by atoms with Crippen LogP contribution in [0.3, 0.4) is 0 Å². The summed E-state index contributed by atoms with van der Waals surface area (Å²) >= 11 is 0. The molecule has 0 bridgehead atoms. The van der Waals surface area contributed by atoms with Gasteiger partial charge in [0.1, 0.15) is 5.75 Å². The third kappa shape index (κ3) is 3.97. The number of pyridine rings is 1. The van der Waals surface area contributed by atoms with Gasteiger partial charge in [0, 0.05) is 55.4 Å². The van der Waals surface area contributed by atoms with E-state index < -0.39 is 0 Å². The fraction of sp³-hybridized carbons (Fsp3) is 0.368. The maximum atomic E-state index is 10.1. The summed E-state index contributed by atoms with van der Waals surface area (Å²) in [7, 11) is 2.14. The molecule has 132 valence electrons. The summed E-state index contributed by atoms with van der Waals surface area (Å²) in [4.78, 5) is 13.2. The standard InChI is InChI=1S/C19H24N4O2/c1-14-19(25)18(15(13-24)11-20-14)12-21-16-3-5-17(6-4-16)23-9-7-22(2)8-10-23/h3-6,11-12,24-25H,7-10,13H2,1-2H3. The number of hydrogen-bond acceptors (Lipinski definition) is 6. The fourth-order valence-corrected chi connectivity index (χ4v) is 2.88. The minimum Gasteiger partial charge on any atom is -0.505 e. The summed E-state index contributed by atoms with van der Waals surface area (Å²) in [6.07, 6.45) is 3.15. The van der Waals surface area contributed by atoms with Gasteiger partial charge in [-0.1, -0.05) is 0 Å². The van der Waals surface area contributed by atoms with Gasteiger partial charge in [0.05, 0.1) is 18.0 Å². The molecule has 0 atom stereocenters. The molecule has 1 aromatic heterocycles. The zero-order valence-electron chi connectivity index (χ0n) is 14.7. The highest BCUT2D eigenvalue weighted by molar-refractivity contribution is 5.87. The molecule has 0 saturated carbocycles. The zero-order valence-corrected chi connectivity index (χ0v) is 14.7. The van der Waals surface area contributed by atoms with E-state index in [1.165, 1.54) is 5.69 Å². The summed E-state index contributed by atoms with van der Waals surface area (Å²) < 4.78 is 0. The maximum absolute atomic E-state index is 10.1. The lowest BCUT2D eigenvalue weighted by atomic mass is 10.1. The van der Waals surface area contributed by atoms with E-state index in [0.29, 0.717) is 16.8 Å². The SMILES string of the molecule is Cc1ncc(CO)c(C=Nc2ccc(N3CCN(C)CC3)cc2)c1O. The van der Waals surface area contributed by atoms with Gasteiger partial charge in [-0.2, -0.15) is 0 Å². The van der Waals surface area contributed by atoms with Crippen molar-refractivity contribution in [2.45, 2.75) is 13.5 Å². The predicted octanol–water partition coefficient (Wildman–Crippen LogP) is 2.09. The van der Waals surface area contributed by atoms with Gasteiger partial charge in [0.2, 0.25) is 0 Å². The minimum absolute atomic E-state index is 0.0596. The van der Waals surface area contributed by atoms with Crippen LogP contribution in [0.1, 0.15) is 16.8 Å². The van der Waals surface area contributed by atoms with Crippen molar-refractivity contribution in [1.29, 1.82) is 0 Å². The van der Waals surface area contributed by atoms with Gasteiger partial charge in [-0.05, 0) is 38.2 Å². The average molecular weight is 340 g/mol. The number of likely N-dealkylation sites (N-methyl/N-ethyl adjacent to an activating group) is 1. The van der Waals surface area contributed by atoms with Crippen molar-refractivity contribution in [2.75, 3.05) is 38.1 Å². The molecule has 0 radical (unpaired) electrons. The molecule has 2 aromatic rings. The number of anilines is 1. The van der Waals surface area contributed by atoms with Crippen molar-refractivity contribution >= 4 is 17.6 Å². The molecule has 6 nitrogen and oxygen atoms in total. The van der Waals surface area contributed by atoms with Crippen LogP contribution in [0.4, 0.5) is 11.4 Å². The van der Waals surface area contributed by atoms with Crippen LogP contribution in [0.15, 0.2) is 35.5 Å². The predicted molar refractivity (Wildman–Crippen MR) is 100.0 cm³/mol. The molecule has 2 heterocycles. The summed E-state index contributed by atoms with van der Waals surface area (Å²) in [6, 6.07) is 8.08. The number of aryl methyl sites for hydroxylation is 1. The number of aliphatic hydroxyl groups excluding tert-OH is 1. The first-order valence-electron chi connectivity index (χ1n) is 8.44. The normalized spacial score (nSPS) is 15.9. The van der Waals surface area contributed by atoms with Gasteiger partial charge in [-0.25, -0.2) is 0 Å². The molecule has 0 amide bonds. The highest BCUT2D eigenvalue weighted by Crippen LogP contribution is 2.24. The molecule has 0 unspecified atom stereocenters. The molecule has 1 aromatic carbocycles. The Balaban J connectivity index is 1.76. The van der Waals surface area contributed by atoms with E-state index in [-0.39, 0.29) is 12.4 Å². The lowest BCUT2D eigenvalue weighted by Gasteiger charge is -2.34. The van der Waals surface area contributed by atoms with E-state index in [4.69, 9.17) is 0 Å². The van der Waals surface area contributed by atoms with Gasteiger partial charge >= 0.3 is 0 Å². The highest BCUT2D eigenvalue weighted by Gasteiger charge is 2.14. The Morgan fingerprint density at radius 3 is 2.48 bits per heavy atom. The Kier molecular flexibility index (Phi) is 5.31. The molecule has 2 N–H and O–H groups in total. The molecule has 25 heavy (non-hydrogen) atoms. The summed E-state index contributed by atoms with van der Waals surface area (Å²) in [5, 5.41) is 19.6. The second-order valence-electron chi connectivity index (χ2n) is 6.35. The monoisotopic (exact) mass is 340 g/mol. The Hall–Kier alpha value is -2.44. The Labute approximate surface area is 148 Å². The van der Waals surface area contributed by atoms with Gasteiger partial charge in [0.15, 0.2) is 0 Å². The third-order valence-corrected chi connectivity index (χ3v) is 4.59.